The maximum atomic E-state index is 10.7. The number of aliphatic hydroxyl groups is 3. The van der Waals surface area contributed by atoms with Gasteiger partial charge in [-0.05, 0) is 37.1 Å². The highest BCUT2D eigenvalue weighted by Gasteiger charge is 2.46. The zero-order chi connectivity index (χ0) is 18.4. The van der Waals surface area contributed by atoms with Gasteiger partial charge in [-0.3, -0.25) is 0 Å². The fourth-order valence-corrected chi connectivity index (χ4v) is 4.13. The Balaban J connectivity index is 1.66. The Morgan fingerprint density at radius 2 is 2.00 bits per heavy atom. The Kier molecular flexibility index (Phi) is 4.44. The second-order valence-corrected chi connectivity index (χ2v) is 7.30. The molecule has 4 rings (SSSR count). The van der Waals surface area contributed by atoms with Gasteiger partial charge in [0, 0.05) is 22.5 Å². The lowest BCUT2D eigenvalue weighted by atomic mass is 9.92. The summed E-state index contributed by atoms with van der Waals surface area (Å²) in [4.78, 5) is 8.51. The van der Waals surface area contributed by atoms with Crippen LogP contribution in [0, 0.1) is 12.8 Å². The number of rotatable bonds is 3. The van der Waals surface area contributed by atoms with Gasteiger partial charge in [-0.1, -0.05) is 23.7 Å². The minimum absolute atomic E-state index is 0.379. The van der Waals surface area contributed by atoms with Crippen LogP contribution in [0.25, 0.3) is 11.0 Å². The van der Waals surface area contributed by atoms with Gasteiger partial charge in [0.15, 0.2) is 0 Å². The van der Waals surface area contributed by atoms with Crippen molar-refractivity contribution in [3.05, 3.63) is 59.1 Å². The molecule has 1 unspecified atom stereocenters. The van der Waals surface area contributed by atoms with E-state index in [1.807, 2.05) is 23.8 Å². The standard InChI is InChI=1S/C19H20ClN3O3/c1-10-13-5-6-23(19(13)22-9-21-10)15-8-14(17(25)18(15)26)16(24)11-3-2-4-12(20)7-11/h2-7,9,14-18,24-26H,8H2,1H3/t14-,15-,16?,17-,18+/m1/s1. The fraction of sp³-hybridized carbons (Fsp3) is 0.368. The molecule has 2 heterocycles. The zero-order valence-electron chi connectivity index (χ0n) is 14.2. The number of fused-ring (bicyclic) bond motifs is 1. The van der Waals surface area contributed by atoms with Gasteiger partial charge in [0.25, 0.3) is 0 Å². The van der Waals surface area contributed by atoms with Crippen molar-refractivity contribution in [1.29, 1.82) is 0 Å². The third-order valence-electron chi connectivity index (χ3n) is 5.36. The van der Waals surface area contributed by atoms with Crippen molar-refractivity contribution < 1.29 is 15.3 Å². The number of aryl methyl sites for hydroxylation is 1. The number of nitrogens with zero attached hydrogens (tertiary/aromatic N) is 3. The minimum atomic E-state index is -1.05. The maximum Gasteiger partial charge on any atom is 0.143 e. The van der Waals surface area contributed by atoms with Gasteiger partial charge in [0.05, 0.1) is 23.9 Å². The molecule has 0 aliphatic heterocycles. The second-order valence-electron chi connectivity index (χ2n) is 6.87. The van der Waals surface area contributed by atoms with Gasteiger partial charge in [-0.25, -0.2) is 9.97 Å². The van der Waals surface area contributed by atoms with Crippen LogP contribution in [-0.4, -0.2) is 42.1 Å². The van der Waals surface area contributed by atoms with Gasteiger partial charge in [0.1, 0.15) is 18.1 Å². The molecule has 0 saturated heterocycles. The van der Waals surface area contributed by atoms with Crippen LogP contribution in [0.2, 0.25) is 5.02 Å². The van der Waals surface area contributed by atoms with E-state index >= 15 is 0 Å². The predicted molar refractivity (Wildman–Crippen MR) is 97.8 cm³/mol. The first-order chi connectivity index (χ1) is 12.5. The van der Waals surface area contributed by atoms with Gasteiger partial charge in [-0.15, -0.1) is 0 Å². The van der Waals surface area contributed by atoms with E-state index < -0.39 is 24.2 Å². The van der Waals surface area contributed by atoms with Crippen LogP contribution in [0.4, 0.5) is 0 Å². The zero-order valence-corrected chi connectivity index (χ0v) is 15.0. The van der Waals surface area contributed by atoms with E-state index in [4.69, 9.17) is 11.6 Å². The van der Waals surface area contributed by atoms with Crippen molar-refractivity contribution in [2.45, 2.75) is 37.7 Å². The topological polar surface area (TPSA) is 91.4 Å². The van der Waals surface area contributed by atoms with Crippen LogP contribution < -0.4 is 0 Å². The van der Waals surface area contributed by atoms with Gasteiger partial charge in [0.2, 0.25) is 0 Å². The Hall–Kier alpha value is -1.99. The molecule has 0 bridgehead atoms. The summed E-state index contributed by atoms with van der Waals surface area (Å²) in [5.41, 5.74) is 2.20. The van der Waals surface area contributed by atoms with E-state index in [9.17, 15) is 15.3 Å². The van der Waals surface area contributed by atoms with E-state index in [0.29, 0.717) is 22.7 Å². The smallest absolute Gasteiger partial charge is 0.143 e. The molecular weight excluding hydrogens is 354 g/mol. The summed E-state index contributed by atoms with van der Waals surface area (Å²) in [6, 6.07) is 8.47. The molecule has 6 nitrogen and oxygen atoms in total. The van der Waals surface area contributed by atoms with Crippen molar-refractivity contribution in [3.63, 3.8) is 0 Å². The van der Waals surface area contributed by atoms with Crippen molar-refractivity contribution in [2.75, 3.05) is 0 Å². The first-order valence-corrected chi connectivity index (χ1v) is 8.93. The molecule has 26 heavy (non-hydrogen) atoms. The normalized spacial score (nSPS) is 27.1. The van der Waals surface area contributed by atoms with E-state index in [0.717, 1.165) is 11.1 Å². The van der Waals surface area contributed by atoms with Crippen LogP contribution in [0.5, 0.6) is 0 Å². The second kappa shape index (κ2) is 6.63. The Morgan fingerprint density at radius 3 is 2.77 bits per heavy atom. The summed E-state index contributed by atoms with van der Waals surface area (Å²) >= 11 is 6.01. The summed E-state index contributed by atoms with van der Waals surface area (Å²) < 4.78 is 1.86. The molecule has 3 N–H and O–H groups in total. The van der Waals surface area contributed by atoms with E-state index in [1.54, 1.807) is 24.3 Å². The van der Waals surface area contributed by atoms with Crippen LogP contribution in [0.1, 0.15) is 29.8 Å². The third kappa shape index (κ3) is 2.79. The number of hydrogen-bond donors (Lipinski definition) is 3. The number of halogens is 1. The number of aromatic nitrogens is 3. The molecular formula is C19H20ClN3O3. The number of hydrogen-bond acceptors (Lipinski definition) is 5. The largest absolute Gasteiger partial charge is 0.390 e. The van der Waals surface area contributed by atoms with Crippen LogP contribution in [-0.2, 0) is 0 Å². The van der Waals surface area contributed by atoms with Crippen LogP contribution in [0.3, 0.4) is 0 Å². The molecule has 0 radical (unpaired) electrons. The first-order valence-electron chi connectivity index (χ1n) is 8.55. The van der Waals surface area contributed by atoms with E-state index in [-0.39, 0.29) is 6.04 Å². The number of aliphatic hydroxyl groups excluding tert-OH is 3. The van der Waals surface area contributed by atoms with Gasteiger partial charge < -0.3 is 19.9 Å². The van der Waals surface area contributed by atoms with Crippen molar-refractivity contribution in [1.82, 2.24) is 14.5 Å². The molecule has 3 aromatic rings. The molecule has 7 heteroatoms. The summed E-state index contributed by atoms with van der Waals surface area (Å²) in [5.74, 6) is -0.506. The predicted octanol–water partition coefficient (Wildman–Crippen LogP) is 2.41. The lowest BCUT2D eigenvalue weighted by Gasteiger charge is -2.22. The molecule has 0 spiro atoms. The van der Waals surface area contributed by atoms with Gasteiger partial charge >= 0.3 is 0 Å². The highest BCUT2D eigenvalue weighted by atomic mass is 35.5. The third-order valence-corrected chi connectivity index (χ3v) is 5.59. The average Bonchev–Trinajstić information content (AvgIpc) is 3.18. The minimum Gasteiger partial charge on any atom is -0.390 e. The Labute approximate surface area is 155 Å². The van der Waals surface area contributed by atoms with Crippen LogP contribution in [0.15, 0.2) is 42.9 Å². The molecule has 1 fully saturated rings. The quantitative estimate of drug-likeness (QED) is 0.655. The lowest BCUT2D eigenvalue weighted by Crippen LogP contribution is -2.31. The van der Waals surface area contributed by atoms with Crippen molar-refractivity contribution in [3.8, 4) is 0 Å². The van der Waals surface area contributed by atoms with E-state index in [1.165, 1.54) is 6.33 Å². The summed E-state index contributed by atoms with van der Waals surface area (Å²) in [5, 5.41) is 33.4. The first kappa shape index (κ1) is 17.4. The van der Waals surface area contributed by atoms with Crippen LogP contribution >= 0.6 is 11.6 Å². The summed E-state index contributed by atoms with van der Waals surface area (Å²) in [6.45, 7) is 1.90. The molecule has 1 saturated carbocycles. The fourth-order valence-electron chi connectivity index (χ4n) is 3.94. The average molecular weight is 374 g/mol. The molecule has 0 amide bonds. The molecule has 1 aliphatic carbocycles. The number of benzene rings is 1. The summed E-state index contributed by atoms with van der Waals surface area (Å²) in [6.07, 6.45) is 0.796. The monoisotopic (exact) mass is 373 g/mol. The highest BCUT2D eigenvalue weighted by molar-refractivity contribution is 6.30. The van der Waals surface area contributed by atoms with E-state index in [2.05, 4.69) is 9.97 Å². The molecule has 136 valence electrons. The SMILES string of the molecule is Cc1ncnc2c1ccn2[C@@H]1C[C@H](C(O)c2cccc(Cl)c2)[C@@H](O)[C@H]1O. The molecule has 2 aromatic heterocycles. The molecule has 5 atom stereocenters. The maximum absolute atomic E-state index is 10.7. The Bertz CT molecular complexity index is 945. The Morgan fingerprint density at radius 1 is 1.19 bits per heavy atom. The molecule has 1 aliphatic rings. The van der Waals surface area contributed by atoms with Gasteiger partial charge in [-0.2, -0.15) is 0 Å². The lowest BCUT2D eigenvalue weighted by molar-refractivity contribution is -0.0264. The highest BCUT2D eigenvalue weighted by Crippen LogP contribution is 2.43. The summed E-state index contributed by atoms with van der Waals surface area (Å²) in [7, 11) is 0. The van der Waals surface area contributed by atoms with Crippen molar-refractivity contribution in [2.24, 2.45) is 5.92 Å². The molecule has 1 aromatic carbocycles. The van der Waals surface area contributed by atoms with Crippen molar-refractivity contribution >= 4 is 22.6 Å².